The molecule has 0 saturated carbocycles. The molecule has 0 radical (unpaired) electrons. The van der Waals surface area contributed by atoms with Gasteiger partial charge in [0.1, 0.15) is 5.82 Å². The molecule has 12 heavy (non-hydrogen) atoms. The topological polar surface area (TPSA) is 12.0 Å². The number of hydrogen-bond donors (Lipinski definition) is 1. The van der Waals surface area contributed by atoms with Crippen LogP contribution >= 0.6 is 24.0 Å². The number of rotatable bonds is 3. The highest BCUT2D eigenvalue weighted by atomic mass is 32.2. The van der Waals surface area contributed by atoms with Gasteiger partial charge in [-0.2, -0.15) is 0 Å². The van der Waals surface area contributed by atoms with Gasteiger partial charge in [0.05, 0.1) is 11.2 Å². The molecule has 1 rings (SSSR count). The van der Waals surface area contributed by atoms with E-state index in [1.54, 1.807) is 17.8 Å². The van der Waals surface area contributed by atoms with Gasteiger partial charge in [-0.05, 0) is 24.5 Å². The Labute approximate surface area is 80.4 Å². The quantitative estimate of drug-likeness (QED) is 0.596. The highest BCUT2D eigenvalue weighted by molar-refractivity contribution is 7.98. The minimum absolute atomic E-state index is 0.257. The van der Waals surface area contributed by atoms with Gasteiger partial charge in [0, 0.05) is 4.90 Å². The van der Waals surface area contributed by atoms with Crippen LogP contribution in [0.2, 0.25) is 0 Å². The minimum atomic E-state index is -0.257. The van der Waals surface area contributed by atoms with Gasteiger partial charge in [-0.3, -0.25) is 0 Å². The molecule has 1 aromatic rings. The normalized spacial score (nSPS) is 9.50. The summed E-state index contributed by atoms with van der Waals surface area (Å²) in [6, 6.07) is 4.58. The van der Waals surface area contributed by atoms with E-state index in [2.05, 4.69) is 17.5 Å². The average Bonchev–Trinajstić information content (AvgIpc) is 2.05. The van der Waals surface area contributed by atoms with Crippen molar-refractivity contribution in [3.8, 4) is 0 Å². The monoisotopic (exact) mass is 201 g/mol. The van der Waals surface area contributed by atoms with Crippen molar-refractivity contribution in [1.82, 2.24) is 0 Å². The third-order valence-electron chi connectivity index (χ3n) is 1.38. The number of halogens is 1. The van der Waals surface area contributed by atoms with Crippen molar-refractivity contribution in [2.75, 3.05) is 11.6 Å². The van der Waals surface area contributed by atoms with Crippen LogP contribution in [0.4, 0.5) is 10.1 Å². The van der Waals surface area contributed by atoms with Crippen molar-refractivity contribution < 1.29 is 4.39 Å². The average molecular weight is 201 g/mol. The molecular weight excluding hydrogens is 193 g/mol. The summed E-state index contributed by atoms with van der Waals surface area (Å²) in [6.45, 7) is 0. The van der Waals surface area contributed by atoms with Crippen molar-refractivity contribution in [2.24, 2.45) is 0 Å². The summed E-state index contributed by atoms with van der Waals surface area (Å²) in [6.07, 6.45) is 1.93. The molecule has 0 unspecified atom stereocenters. The van der Waals surface area contributed by atoms with Gasteiger partial charge in [0.2, 0.25) is 0 Å². The molecule has 0 aliphatic heterocycles. The zero-order chi connectivity index (χ0) is 8.97. The number of thiocarbonyl (C=S) groups is 1. The molecule has 0 fully saturated rings. The zero-order valence-corrected chi connectivity index (χ0v) is 8.14. The van der Waals surface area contributed by atoms with E-state index in [-0.39, 0.29) is 5.82 Å². The SMILES string of the molecule is CSc1ccc(F)cc1NC=S. The van der Waals surface area contributed by atoms with Crippen LogP contribution in [0.15, 0.2) is 23.1 Å². The van der Waals surface area contributed by atoms with E-state index in [0.717, 1.165) is 10.6 Å². The molecule has 0 atom stereocenters. The number of hydrogen-bond acceptors (Lipinski definition) is 2. The van der Waals surface area contributed by atoms with Crippen LogP contribution in [0, 0.1) is 5.82 Å². The van der Waals surface area contributed by atoms with Crippen LogP contribution in [0.3, 0.4) is 0 Å². The van der Waals surface area contributed by atoms with Crippen molar-refractivity contribution in [3.63, 3.8) is 0 Å². The summed E-state index contributed by atoms with van der Waals surface area (Å²) in [5.74, 6) is -0.257. The predicted molar refractivity (Wildman–Crippen MR) is 55.5 cm³/mol. The maximum Gasteiger partial charge on any atom is 0.125 e. The van der Waals surface area contributed by atoms with Crippen molar-refractivity contribution >= 4 is 35.2 Å². The molecule has 4 heteroatoms. The van der Waals surface area contributed by atoms with E-state index in [1.165, 1.54) is 17.6 Å². The van der Waals surface area contributed by atoms with Crippen LogP contribution < -0.4 is 5.32 Å². The van der Waals surface area contributed by atoms with Gasteiger partial charge in [-0.15, -0.1) is 11.8 Å². The smallest absolute Gasteiger partial charge is 0.125 e. The van der Waals surface area contributed by atoms with Crippen LogP contribution in [0.25, 0.3) is 0 Å². The lowest BCUT2D eigenvalue weighted by molar-refractivity contribution is 0.627. The summed E-state index contributed by atoms with van der Waals surface area (Å²) in [7, 11) is 0. The van der Waals surface area contributed by atoms with Crippen LogP contribution in [-0.4, -0.2) is 11.7 Å². The molecular formula is C8H8FNS2. The Morgan fingerprint density at radius 2 is 2.33 bits per heavy atom. The predicted octanol–water partition coefficient (Wildman–Crippen LogP) is 2.92. The van der Waals surface area contributed by atoms with Crippen LogP contribution in [0.1, 0.15) is 0 Å². The molecule has 1 nitrogen and oxygen atoms in total. The third-order valence-corrected chi connectivity index (χ3v) is 2.29. The molecule has 0 saturated heterocycles. The van der Waals surface area contributed by atoms with E-state index in [9.17, 15) is 4.39 Å². The second kappa shape index (κ2) is 4.42. The first-order valence-corrected chi connectivity index (χ1v) is 5.01. The first-order valence-electron chi connectivity index (χ1n) is 3.31. The number of nitrogens with one attached hydrogen (secondary N) is 1. The molecule has 1 N–H and O–H groups in total. The molecule has 0 aromatic heterocycles. The van der Waals surface area contributed by atoms with Gasteiger partial charge in [0.25, 0.3) is 0 Å². The van der Waals surface area contributed by atoms with Crippen LogP contribution in [0.5, 0.6) is 0 Å². The van der Waals surface area contributed by atoms with Crippen molar-refractivity contribution in [3.05, 3.63) is 24.0 Å². The van der Waals surface area contributed by atoms with Crippen molar-refractivity contribution in [1.29, 1.82) is 0 Å². The molecule has 64 valence electrons. The van der Waals surface area contributed by atoms with Gasteiger partial charge in [-0.25, -0.2) is 4.39 Å². The number of benzene rings is 1. The first kappa shape index (κ1) is 9.48. The molecule has 0 amide bonds. The standard InChI is InChI=1S/C8H8FNS2/c1-12-8-3-2-6(9)4-7(8)10-5-11/h2-5H,1H3,(H,10,11). The fourth-order valence-electron chi connectivity index (χ4n) is 0.856. The van der Waals surface area contributed by atoms with Crippen LogP contribution in [-0.2, 0) is 0 Å². The Morgan fingerprint density at radius 1 is 1.58 bits per heavy atom. The lowest BCUT2D eigenvalue weighted by Crippen LogP contribution is -1.94. The Balaban J connectivity index is 3.03. The van der Waals surface area contributed by atoms with E-state index >= 15 is 0 Å². The second-order valence-corrected chi connectivity index (χ2v) is 3.19. The number of anilines is 1. The lowest BCUT2D eigenvalue weighted by atomic mass is 10.3. The fraction of sp³-hybridized carbons (Fsp3) is 0.125. The fourth-order valence-corrected chi connectivity index (χ4v) is 1.53. The zero-order valence-electron chi connectivity index (χ0n) is 6.50. The lowest BCUT2D eigenvalue weighted by Gasteiger charge is -2.05. The summed E-state index contributed by atoms with van der Waals surface area (Å²) >= 11 is 6.17. The summed E-state index contributed by atoms with van der Waals surface area (Å²) in [4.78, 5) is 0.984. The highest BCUT2D eigenvalue weighted by Gasteiger charge is 2.00. The molecule has 1 aromatic carbocycles. The Hall–Kier alpha value is -0.610. The maximum atomic E-state index is 12.7. The molecule has 0 spiro atoms. The Bertz CT molecular complexity index is 288. The van der Waals surface area contributed by atoms with Gasteiger partial charge in [0.15, 0.2) is 0 Å². The molecule has 0 aliphatic rings. The highest BCUT2D eigenvalue weighted by Crippen LogP contribution is 2.25. The molecule has 0 heterocycles. The minimum Gasteiger partial charge on any atom is -0.352 e. The van der Waals surface area contributed by atoms with E-state index < -0.39 is 0 Å². The van der Waals surface area contributed by atoms with Gasteiger partial charge < -0.3 is 5.32 Å². The van der Waals surface area contributed by atoms with Crippen molar-refractivity contribution in [2.45, 2.75) is 4.90 Å². The molecule has 0 aliphatic carbocycles. The number of thioether (sulfide) groups is 1. The molecule has 0 bridgehead atoms. The first-order chi connectivity index (χ1) is 5.77. The summed E-state index contributed by atoms with van der Waals surface area (Å²) < 4.78 is 12.7. The van der Waals surface area contributed by atoms with Gasteiger partial charge >= 0.3 is 0 Å². The second-order valence-electron chi connectivity index (χ2n) is 2.11. The van der Waals surface area contributed by atoms with E-state index in [1.807, 2.05) is 6.26 Å². The maximum absolute atomic E-state index is 12.7. The Morgan fingerprint density at radius 3 is 2.92 bits per heavy atom. The van der Waals surface area contributed by atoms with E-state index in [4.69, 9.17) is 0 Å². The van der Waals surface area contributed by atoms with E-state index in [0.29, 0.717) is 0 Å². The van der Waals surface area contributed by atoms with Gasteiger partial charge in [-0.1, -0.05) is 12.2 Å². The third kappa shape index (κ3) is 2.19. The summed E-state index contributed by atoms with van der Waals surface area (Å²) in [5.41, 5.74) is 2.09. The Kier molecular flexibility index (Phi) is 3.49. The summed E-state index contributed by atoms with van der Waals surface area (Å²) in [5, 5.41) is 2.80. The largest absolute Gasteiger partial charge is 0.352 e.